The number of likely N-dealkylation sites (N-methyl/N-ethyl adjacent to an activating group) is 1. The van der Waals surface area contributed by atoms with E-state index >= 15 is 0 Å². The van der Waals surface area contributed by atoms with Crippen LogP contribution in [-0.4, -0.2) is 41.1 Å². The summed E-state index contributed by atoms with van der Waals surface area (Å²) in [7, 11) is 4.06. The van der Waals surface area contributed by atoms with Crippen molar-refractivity contribution in [3.63, 3.8) is 0 Å². The number of hydrogen-bond donors (Lipinski definition) is 2. The lowest BCUT2D eigenvalue weighted by Crippen LogP contribution is -2.24. The van der Waals surface area contributed by atoms with Crippen LogP contribution in [0.4, 0.5) is 5.69 Å². The van der Waals surface area contributed by atoms with Gasteiger partial charge in [0.25, 0.3) is 0 Å². The normalized spacial score (nSPS) is 14.0. The lowest BCUT2D eigenvalue weighted by atomic mass is 10.1. The minimum atomic E-state index is -0.0236. The van der Waals surface area contributed by atoms with Gasteiger partial charge in [0.05, 0.1) is 17.3 Å². The molecule has 0 unspecified atom stereocenters. The van der Waals surface area contributed by atoms with Gasteiger partial charge < -0.3 is 20.5 Å². The van der Waals surface area contributed by atoms with Gasteiger partial charge in [0, 0.05) is 37.4 Å². The molecule has 0 aliphatic heterocycles. The summed E-state index contributed by atoms with van der Waals surface area (Å²) < 4.78 is 2.04. The standard InChI is InChI=1S/C22H27N5O/c1-26(2)7-8-27-14-17(12-23)21(28)20-11-19(13-24-22(20)27)25-18-9-15-5-3-4-6-16(15)10-18/h3-6,11,13-14,18,25H,7-10,12,23H2,1-2H3. The highest BCUT2D eigenvalue weighted by molar-refractivity contribution is 5.79. The van der Waals surface area contributed by atoms with Crippen molar-refractivity contribution < 1.29 is 0 Å². The fourth-order valence-corrected chi connectivity index (χ4v) is 3.93. The predicted molar refractivity (Wildman–Crippen MR) is 114 cm³/mol. The lowest BCUT2D eigenvalue weighted by molar-refractivity contribution is 0.385. The van der Waals surface area contributed by atoms with Gasteiger partial charge in [-0.1, -0.05) is 24.3 Å². The van der Waals surface area contributed by atoms with Crippen LogP contribution in [-0.2, 0) is 25.9 Å². The Kier molecular flexibility index (Phi) is 5.15. The van der Waals surface area contributed by atoms with E-state index in [1.807, 2.05) is 37.1 Å². The molecule has 0 bridgehead atoms. The van der Waals surface area contributed by atoms with Crippen LogP contribution in [0.3, 0.4) is 0 Å². The average Bonchev–Trinajstić information content (AvgIpc) is 3.10. The first kappa shape index (κ1) is 18.7. The number of hydrogen-bond acceptors (Lipinski definition) is 5. The van der Waals surface area contributed by atoms with Crippen molar-refractivity contribution in [2.75, 3.05) is 26.0 Å². The first-order chi connectivity index (χ1) is 13.5. The Morgan fingerprint density at radius 3 is 2.61 bits per heavy atom. The molecule has 1 aliphatic carbocycles. The van der Waals surface area contributed by atoms with Crippen molar-refractivity contribution in [1.29, 1.82) is 0 Å². The van der Waals surface area contributed by atoms with E-state index in [9.17, 15) is 4.79 Å². The minimum Gasteiger partial charge on any atom is -0.380 e. The van der Waals surface area contributed by atoms with Gasteiger partial charge in [-0.15, -0.1) is 0 Å². The molecular weight excluding hydrogens is 350 g/mol. The Balaban J connectivity index is 1.64. The zero-order valence-corrected chi connectivity index (χ0v) is 16.5. The number of pyridine rings is 2. The maximum atomic E-state index is 12.8. The monoisotopic (exact) mass is 377 g/mol. The molecule has 0 radical (unpaired) electrons. The SMILES string of the molecule is CN(C)CCn1cc(CN)c(=O)c2cc(NC3Cc4ccccc4C3)cnc21. The van der Waals surface area contributed by atoms with Crippen LogP contribution in [0.2, 0.25) is 0 Å². The molecule has 0 saturated heterocycles. The van der Waals surface area contributed by atoms with Gasteiger partial charge >= 0.3 is 0 Å². The highest BCUT2D eigenvalue weighted by atomic mass is 16.1. The van der Waals surface area contributed by atoms with Crippen molar-refractivity contribution >= 4 is 16.7 Å². The van der Waals surface area contributed by atoms with Crippen molar-refractivity contribution in [3.8, 4) is 0 Å². The van der Waals surface area contributed by atoms with E-state index < -0.39 is 0 Å². The summed E-state index contributed by atoms with van der Waals surface area (Å²) in [4.78, 5) is 19.6. The summed E-state index contributed by atoms with van der Waals surface area (Å²) in [6.07, 6.45) is 5.66. The first-order valence-electron chi connectivity index (χ1n) is 9.75. The number of aromatic nitrogens is 2. The molecule has 1 aliphatic rings. The second-order valence-corrected chi connectivity index (χ2v) is 7.80. The van der Waals surface area contributed by atoms with E-state index in [-0.39, 0.29) is 12.0 Å². The zero-order valence-electron chi connectivity index (χ0n) is 16.5. The van der Waals surface area contributed by atoms with Gasteiger partial charge in [0.15, 0.2) is 5.43 Å². The maximum Gasteiger partial charge on any atom is 0.195 e. The van der Waals surface area contributed by atoms with Crippen LogP contribution in [0.25, 0.3) is 11.0 Å². The maximum absolute atomic E-state index is 12.8. The van der Waals surface area contributed by atoms with Gasteiger partial charge in [0.1, 0.15) is 5.65 Å². The zero-order chi connectivity index (χ0) is 19.7. The van der Waals surface area contributed by atoms with Crippen molar-refractivity contribution in [2.45, 2.75) is 32.0 Å². The van der Waals surface area contributed by atoms with Gasteiger partial charge in [-0.3, -0.25) is 4.79 Å². The van der Waals surface area contributed by atoms with Gasteiger partial charge in [0.2, 0.25) is 0 Å². The third-order valence-corrected chi connectivity index (χ3v) is 5.42. The molecule has 3 aromatic rings. The summed E-state index contributed by atoms with van der Waals surface area (Å²) >= 11 is 0. The average molecular weight is 377 g/mol. The number of nitrogens with zero attached hydrogens (tertiary/aromatic N) is 3. The van der Waals surface area contributed by atoms with Crippen LogP contribution in [0.15, 0.2) is 47.5 Å². The molecule has 1 aromatic carbocycles. The molecule has 0 amide bonds. The smallest absolute Gasteiger partial charge is 0.195 e. The van der Waals surface area contributed by atoms with Crippen LogP contribution in [0, 0.1) is 0 Å². The third-order valence-electron chi connectivity index (χ3n) is 5.42. The molecule has 0 saturated carbocycles. The highest BCUT2D eigenvalue weighted by Crippen LogP contribution is 2.25. The second-order valence-electron chi connectivity index (χ2n) is 7.80. The quantitative estimate of drug-likeness (QED) is 0.687. The Bertz CT molecular complexity index is 1030. The number of rotatable bonds is 6. The van der Waals surface area contributed by atoms with E-state index in [1.165, 1.54) is 11.1 Å². The molecule has 0 spiro atoms. The van der Waals surface area contributed by atoms with E-state index in [0.29, 0.717) is 22.6 Å². The largest absolute Gasteiger partial charge is 0.380 e. The van der Waals surface area contributed by atoms with E-state index in [4.69, 9.17) is 5.73 Å². The van der Waals surface area contributed by atoms with Crippen molar-refractivity contribution in [3.05, 3.63) is 69.6 Å². The van der Waals surface area contributed by atoms with Gasteiger partial charge in [-0.05, 0) is 44.1 Å². The topological polar surface area (TPSA) is 76.2 Å². The van der Waals surface area contributed by atoms with E-state index in [1.54, 1.807) is 0 Å². The highest BCUT2D eigenvalue weighted by Gasteiger charge is 2.21. The van der Waals surface area contributed by atoms with Crippen LogP contribution >= 0.6 is 0 Å². The molecule has 0 fully saturated rings. The molecular formula is C22H27N5O. The van der Waals surface area contributed by atoms with Crippen LogP contribution in [0.5, 0.6) is 0 Å². The summed E-state index contributed by atoms with van der Waals surface area (Å²) in [6.45, 7) is 1.85. The Hall–Kier alpha value is -2.70. The number of fused-ring (bicyclic) bond motifs is 2. The van der Waals surface area contributed by atoms with Crippen LogP contribution < -0.4 is 16.5 Å². The first-order valence-corrected chi connectivity index (χ1v) is 9.75. The van der Waals surface area contributed by atoms with Crippen molar-refractivity contribution in [2.24, 2.45) is 5.73 Å². The number of nitrogens with one attached hydrogen (secondary N) is 1. The predicted octanol–water partition coefficient (Wildman–Crippen LogP) is 2.00. The second kappa shape index (κ2) is 7.73. The molecule has 28 heavy (non-hydrogen) atoms. The molecule has 4 rings (SSSR count). The molecule has 3 N–H and O–H groups in total. The number of nitrogens with two attached hydrogens (primary N) is 1. The van der Waals surface area contributed by atoms with Gasteiger partial charge in [-0.25, -0.2) is 4.98 Å². The third kappa shape index (κ3) is 3.66. The number of benzene rings is 1. The summed E-state index contributed by atoms with van der Waals surface area (Å²) in [5.74, 6) is 0. The van der Waals surface area contributed by atoms with Gasteiger partial charge in [-0.2, -0.15) is 0 Å². The van der Waals surface area contributed by atoms with Crippen molar-refractivity contribution in [1.82, 2.24) is 14.5 Å². The lowest BCUT2D eigenvalue weighted by Gasteiger charge is -2.17. The Morgan fingerprint density at radius 1 is 1.25 bits per heavy atom. The van der Waals surface area contributed by atoms with Crippen LogP contribution in [0.1, 0.15) is 16.7 Å². The molecule has 6 heteroatoms. The molecule has 0 atom stereocenters. The summed E-state index contributed by atoms with van der Waals surface area (Å²) in [6, 6.07) is 10.8. The molecule has 2 aromatic heterocycles. The Labute approximate surface area is 165 Å². The summed E-state index contributed by atoms with van der Waals surface area (Å²) in [5, 5.41) is 4.19. The fourth-order valence-electron chi connectivity index (χ4n) is 3.93. The molecule has 6 nitrogen and oxygen atoms in total. The Morgan fingerprint density at radius 2 is 1.96 bits per heavy atom. The fraction of sp³-hybridized carbons (Fsp3) is 0.364. The van der Waals surface area contributed by atoms with E-state index in [0.717, 1.165) is 31.6 Å². The number of anilines is 1. The minimum absolute atomic E-state index is 0.0236. The summed E-state index contributed by atoms with van der Waals surface area (Å²) in [5.41, 5.74) is 10.8. The molecule has 146 valence electrons. The molecule has 2 heterocycles. The van der Waals surface area contributed by atoms with E-state index in [2.05, 4.69) is 39.5 Å².